The zero-order valence-electron chi connectivity index (χ0n) is 9.48. The summed E-state index contributed by atoms with van der Waals surface area (Å²) >= 11 is 1.76. The second-order valence-corrected chi connectivity index (χ2v) is 5.89. The minimum atomic E-state index is -0.169. The molecule has 0 unspecified atom stereocenters. The van der Waals surface area contributed by atoms with Crippen LogP contribution in [0.5, 0.6) is 0 Å². The van der Waals surface area contributed by atoms with Crippen LogP contribution in [0.4, 0.5) is 0 Å². The number of nitrogens with zero attached hydrogens (tertiary/aromatic N) is 1. The molecule has 0 bridgehead atoms. The molecule has 1 aliphatic rings. The first-order valence-electron chi connectivity index (χ1n) is 6.00. The minimum absolute atomic E-state index is 0.169. The van der Waals surface area contributed by atoms with Crippen LogP contribution in [0.3, 0.4) is 0 Å². The molecule has 0 spiro atoms. The summed E-state index contributed by atoms with van der Waals surface area (Å²) in [6.07, 6.45) is 7.07. The van der Waals surface area contributed by atoms with Gasteiger partial charge in [0.05, 0.1) is 6.07 Å². The third kappa shape index (κ3) is 2.80. The normalized spacial score (nSPS) is 19.7. The molecule has 0 aromatic heterocycles. The molecule has 0 atom stereocenters. The Kier molecular flexibility index (Phi) is 3.90. The molecule has 2 heteroatoms. The van der Waals surface area contributed by atoms with E-state index in [2.05, 4.69) is 18.2 Å². The Hall–Kier alpha value is -0.940. The molecule has 84 valence electrons. The van der Waals surface area contributed by atoms with E-state index >= 15 is 0 Å². The van der Waals surface area contributed by atoms with E-state index in [0.29, 0.717) is 0 Å². The molecule has 0 saturated heterocycles. The van der Waals surface area contributed by atoms with Crippen molar-refractivity contribution in [1.82, 2.24) is 0 Å². The highest BCUT2D eigenvalue weighted by atomic mass is 32.2. The Morgan fingerprint density at radius 2 is 1.62 bits per heavy atom. The first-order chi connectivity index (χ1) is 7.85. The Morgan fingerprint density at radius 3 is 2.19 bits per heavy atom. The number of thioether (sulfide) groups is 1. The predicted octanol–water partition coefficient (Wildman–Crippen LogP) is 4.40. The number of hydrogen-bond donors (Lipinski definition) is 0. The van der Waals surface area contributed by atoms with Crippen molar-refractivity contribution < 1.29 is 0 Å². The number of nitriles is 1. The van der Waals surface area contributed by atoms with Crippen molar-refractivity contribution in [2.24, 2.45) is 0 Å². The largest absolute Gasteiger partial charge is 0.197 e. The van der Waals surface area contributed by atoms with Crippen LogP contribution < -0.4 is 0 Å². The second-order valence-electron chi connectivity index (χ2n) is 4.44. The van der Waals surface area contributed by atoms with E-state index in [4.69, 9.17) is 0 Å². The van der Waals surface area contributed by atoms with Gasteiger partial charge < -0.3 is 0 Å². The zero-order valence-corrected chi connectivity index (χ0v) is 10.3. The maximum absolute atomic E-state index is 9.46. The lowest BCUT2D eigenvalue weighted by molar-refractivity contribution is 0.618. The Morgan fingerprint density at radius 1 is 1.00 bits per heavy atom. The molecule has 1 nitrogen and oxygen atoms in total. The second kappa shape index (κ2) is 5.41. The smallest absolute Gasteiger partial charge is 0.107 e. The maximum Gasteiger partial charge on any atom is 0.107 e. The summed E-state index contributed by atoms with van der Waals surface area (Å²) in [6, 6.07) is 12.9. The van der Waals surface area contributed by atoms with Gasteiger partial charge in [-0.25, -0.2) is 0 Å². The van der Waals surface area contributed by atoms with Crippen LogP contribution in [0.15, 0.2) is 35.2 Å². The third-order valence-electron chi connectivity index (χ3n) is 3.17. The highest BCUT2D eigenvalue weighted by Gasteiger charge is 2.31. The molecule has 1 aromatic carbocycles. The Bertz CT molecular complexity index is 358. The van der Waals surface area contributed by atoms with E-state index in [1.54, 1.807) is 11.8 Å². The summed E-state index contributed by atoms with van der Waals surface area (Å²) in [5.41, 5.74) is 0. The van der Waals surface area contributed by atoms with Gasteiger partial charge in [-0.15, -0.1) is 11.8 Å². The van der Waals surface area contributed by atoms with Crippen LogP contribution in [-0.4, -0.2) is 4.75 Å². The average molecular weight is 231 g/mol. The molecule has 0 N–H and O–H groups in total. The molecule has 0 radical (unpaired) electrons. The fourth-order valence-corrected chi connectivity index (χ4v) is 3.53. The van der Waals surface area contributed by atoms with Gasteiger partial charge in [0.2, 0.25) is 0 Å². The molecule has 1 saturated carbocycles. The molecule has 2 rings (SSSR count). The van der Waals surface area contributed by atoms with Gasteiger partial charge >= 0.3 is 0 Å². The van der Waals surface area contributed by atoms with Crippen LogP contribution in [0.2, 0.25) is 0 Å². The molecule has 0 amide bonds. The SMILES string of the molecule is N#CC1(Sc2ccccc2)CCCCCC1. The highest BCUT2D eigenvalue weighted by molar-refractivity contribution is 8.01. The summed E-state index contributed by atoms with van der Waals surface area (Å²) in [5, 5.41) is 9.46. The van der Waals surface area contributed by atoms with E-state index < -0.39 is 0 Å². The van der Waals surface area contributed by atoms with Crippen molar-refractivity contribution in [3.05, 3.63) is 30.3 Å². The van der Waals surface area contributed by atoms with Gasteiger partial charge in [-0.2, -0.15) is 5.26 Å². The first kappa shape index (κ1) is 11.5. The lowest BCUT2D eigenvalue weighted by Gasteiger charge is -2.23. The van der Waals surface area contributed by atoms with Gasteiger partial charge in [-0.1, -0.05) is 43.9 Å². The van der Waals surface area contributed by atoms with Crippen molar-refractivity contribution in [1.29, 1.82) is 5.26 Å². The number of hydrogen-bond acceptors (Lipinski definition) is 2. The summed E-state index contributed by atoms with van der Waals surface area (Å²) in [4.78, 5) is 1.23. The molecule has 1 aliphatic carbocycles. The van der Waals surface area contributed by atoms with Crippen LogP contribution >= 0.6 is 11.8 Å². The molecule has 0 aliphatic heterocycles. The van der Waals surface area contributed by atoms with Gasteiger partial charge in [-0.3, -0.25) is 0 Å². The summed E-state index contributed by atoms with van der Waals surface area (Å²) in [6.45, 7) is 0. The minimum Gasteiger partial charge on any atom is -0.197 e. The summed E-state index contributed by atoms with van der Waals surface area (Å²) in [5.74, 6) is 0. The van der Waals surface area contributed by atoms with E-state index in [9.17, 15) is 5.26 Å². The zero-order chi connectivity index (χ0) is 11.3. The van der Waals surface area contributed by atoms with Crippen LogP contribution in [0.1, 0.15) is 38.5 Å². The summed E-state index contributed by atoms with van der Waals surface area (Å²) < 4.78 is -0.169. The molecule has 1 aromatic rings. The molecule has 1 fully saturated rings. The fraction of sp³-hybridized carbons (Fsp3) is 0.500. The van der Waals surface area contributed by atoms with Gasteiger partial charge in [0, 0.05) is 4.90 Å². The number of benzene rings is 1. The van der Waals surface area contributed by atoms with E-state index in [1.165, 1.54) is 30.6 Å². The highest BCUT2D eigenvalue weighted by Crippen LogP contribution is 2.42. The van der Waals surface area contributed by atoms with Gasteiger partial charge in [-0.05, 0) is 25.0 Å². The maximum atomic E-state index is 9.46. The van der Waals surface area contributed by atoms with Crippen LogP contribution in [0, 0.1) is 11.3 Å². The van der Waals surface area contributed by atoms with Crippen molar-refractivity contribution >= 4 is 11.8 Å². The first-order valence-corrected chi connectivity index (χ1v) is 6.82. The molecular weight excluding hydrogens is 214 g/mol. The molecule has 16 heavy (non-hydrogen) atoms. The van der Waals surface area contributed by atoms with Crippen molar-refractivity contribution in [2.75, 3.05) is 0 Å². The Balaban J connectivity index is 2.12. The standard InChI is InChI=1S/C14H17NS/c15-12-14(10-6-1-2-7-11-14)16-13-8-4-3-5-9-13/h3-5,8-9H,1-2,6-7,10-11H2. The monoisotopic (exact) mass is 231 g/mol. The van der Waals surface area contributed by atoms with Gasteiger partial charge in [0.1, 0.15) is 4.75 Å². The van der Waals surface area contributed by atoms with E-state index in [-0.39, 0.29) is 4.75 Å². The lowest BCUT2D eigenvalue weighted by atomic mass is 10.0. The van der Waals surface area contributed by atoms with Gasteiger partial charge in [0.15, 0.2) is 0 Å². The third-order valence-corrected chi connectivity index (χ3v) is 4.57. The van der Waals surface area contributed by atoms with Crippen molar-refractivity contribution in [3.8, 4) is 6.07 Å². The average Bonchev–Trinajstić information content (AvgIpc) is 2.57. The fourth-order valence-electron chi connectivity index (χ4n) is 2.25. The number of rotatable bonds is 2. The quantitative estimate of drug-likeness (QED) is 0.705. The van der Waals surface area contributed by atoms with Gasteiger partial charge in [0.25, 0.3) is 0 Å². The van der Waals surface area contributed by atoms with Crippen molar-refractivity contribution in [3.63, 3.8) is 0 Å². The predicted molar refractivity (Wildman–Crippen MR) is 68.3 cm³/mol. The van der Waals surface area contributed by atoms with E-state index in [1.807, 2.05) is 18.2 Å². The lowest BCUT2D eigenvalue weighted by Crippen LogP contribution is -2.20. The topological polar surface area (TPSA) is 23.8 Å². The van der Waals surface area contributed by atoms with Crippen LogP contribution in [-0.2, 0) is 0 Å². The Labute approximate surface area is 102 Å². The van der Waals surface area contributed by atoms with Crippen LogP contribution in [0.25, 0.3) is 0 Å². The van der Waals surface area contributed by atoms with E-state index in [0.717, 1.165) is 12.8 Å². The molecular formula is C14H17NS. The molecule has 0 heterocycles. The van der Waals surface area contributed by atoms with Crippen molar-refractivity contribution in [2.45, 2.75) is 48.2 Å². The summed E-state index contributed by atoms with van der Waals surface area (Å²) in [7, 11) is 0.